The van der Waals surface area contributed by atoms with Crippen LogP contribution in [0.15, 0.2) is 42.6 Å². The molecule has 6 nitrogen and oxygen atoms in total. The van der Waals surface area contributed by atoms with Crippen LogP contribution >= 0.6 is 0 Å². The van der Waals surface area contributed by atoms with Crippen molar-refractivity contribution < 1.29 is 18.0 Å². The SMILES string of the molecule is NC(=O)c1nnc2[nH]cc3c2c1-c1ccccc1NC3c1cc(F)c(F)cc1F. The Labute approximate surface area is 161 Å². The fraction of sp³-hybridized carbons (Fsp3) is 0.0500. The number of H-pyrrole nitrogens is 1. The fourth-order valence-corrected chi connectivity index (χ4v) is 3.76. The molecule has 1 aliphatic heterocycles. The smallest absolute Gasteiger partial charge is 0.269 e. The Balaban J connectivity index is 1.89. The van der Waals surface area contributed by atoms with Gasteiger partial charge in [0.15, 0.2) is 23.0 Å². The van der Waals surface area contributed by atoms with Gasteiger partial charge in [-0.3, -0.25) is 4.79 Å². The number of aromatic nitrogens is 3. The van der Waals surface area contributed by atoms with Crippen LogP contribution in [0.25, 0.3) is 22.2 Å². The summed E-state index contributed by atoms with van der Waals surface area (Å²) < 4.78 is 42.1. The molecule has 9 heteroatoms. The maximum atomic E-state index is 14.6. The molecule has 1 atom stereocenters. The first-order valence-corrected chi connectivity index (χ1v) is 8.63. The second kappa shape index (κ2) is 6.06. The van der Waals surface area contributed by atoms with Crippen molar-refractivity contribution in [3.8, 4) is 11.1 Å². The second-order valence-electron chi connectivity index (χ2n) is 6.67. The summed E-state index contributed by atoms with van der Waals surface area (Å²) in [6.07, 6.45) is 1.57. The van der Waals surface area contributed by atoms with E-state index in [-0.39, 0.29) is 11.3 Å². The topological polar surface area (TPSA) is 96.7 Å². The van der Waals surface area contributed by atoms with Gasteiger partial charge in [-0.2, -0.15) is 0 Å². The molecule has 0 saturated carbocycles. The van der Waals surface area contributed by atoms with Gasteiger partial charge in [-0.05, 0) is 12.1 Å². The second-order valence-corrected chi connectivity index (χ2v) is 6.67. The summed E-state index contributed by atoms with van der Waals surface area (Å²) in [6, 6.07) is 7.45. The largest absolute Gasteiger partial charge is 0.373 e. The highest BCUT2D eigenvalue weighted by Gasteiger charge is 2.31. The number of aromatic amines is 1. The molecule has 1 amide bonds. The number of hydrogen-bond acceptors (Lipinski definition) is 4. The lowest BCUT2D eigenvalue weighted by atomic mass is 9.95. The zero-order valence-electron chi connectivity index (χ0n) is 14.6. The summed E-state index contributed by atoms with van der Waals surface area (Å²) in [5, 5.41) is 11.6. The van der Waals surface area contributed by atoms with E-state index in [9.17, 15) is 18.0 Å². The average Bonchev–Trinajstić information content (AvgIpc) is 3.06. The van der Waals surface area contributed by atoms with E-state index in [1.807, 2.05) is 0 Å². The summed E-state index contributed by atoms with van der Waals surface area (Å²) in [5.41, 5.74) is 7.82. The highest BCUT2D eigenvalue weighted by molar-refractivity contribution is 6.10. The van der Waals surface area contributed by atoms with Crippen molar-refractivity contribution >= 4 is 22.6 Å². The number of amides is 1. The van der Waals surface area contributed by atoms with Crippen molar-refractivity contribution in [2.75, 3.05) is 5.32 Å². The molecule has 0 fully saturated rings. The molecule has 144 valence electrons. The summed E-state index contributed by atoms with van der Waals surface area (Å²) in [7, 11) is 0. The Morgan fingerprint density at radius 1 is 1.00 bits per heavy atom. The number of para-hydroxylation sites is 1. The lowest BCUT2D eigenvalue weighted by Crippen LogP contribution is -2.15. The minimum Gasteiger partial charge on any atom is -0.373 e. The van der Waals surface area contributed by atoms with Crippen molar-refractivity contribution in [1.82, 2.24) is 15.2 Å². The molecular weight excluding hydrogens is 383 g/mol. The molecule has 29 heavy (non-hydrogen) atoms. The maximum absolute atomic E-state index is 14.6. The number of nitrogens with zero attached hydrogens (tertiary/aromatic N) is 2. The zero-order valence-corrected chi connectivity index (χ0v) is 14.6. The van der Waals surface area contributed by atoms with Crippen molar-refractivity contribution in [2.45, 2.75) is 6.04 Å². The number of benzene rings is 2. The van der Waals surface area contributed by atoms with E-state index in [1.54, 1.807) is 30.5 Å². The van der Waals surface area contributed by atoms with Crippen LogP contribution in [0, 0.1) is 17.5 Å². The van der Waals surface area contributed by atoms with Gasteiger partial charge in [-0.15, -0.1) is 10.2 Å². The minimum absolute atomic E-state index is 0.0426. The van der Waals surface area contributed by atoms with Gasteiger partial charge < -0.3 is 16.0 Å². The number of hydrogen-bond donors (Lipinski definition) is 3. The van der Waals surface area contributed by atoms with Gasteiger partial charge in [0.2, 0.25) is 0 Å². The van der Waals surface area contributed by atoms with Gasteiger partial charge in [0.25, 0.3) is 5.91 Å². The van der Waals surface area contributed by atoms with Crippen molar-refractivity contribution in [3.05, 3.63) is 76.9 Å². The number of fused-ring (bicyclic) bond motifs is 2. The highest BCUT2D eigenvalue weighted by atomic mass is 19.2. The van der Waals surface area contributed by atoms with Gasteiger partial charge in [-0.25, -0.2) is 13.2 Å². The van der Waals surface area contributed by atoms with Crippen molar-refractivity contribution in [1.29, 1.82) is 0 Å². The summed E-state index contributed by atoms with van der Waals surface area (Å²) in [4.78, 5) is 15.0. The van der Waals surface area contributed by atoms with Crippen molar-refractivity contribution in [3.63, 3.8) is 0 Å². The molecule has 0 radical (unpaired) electrons. The van der Waals surface area contributed by atoms with Crippen LogP contribution in [-0.4, -0.2) is 21.1 Å². The van der Waals surface area contributed by atoms with Gasteiger partial charge in [-0.1, -0.05) is 18.2 Å². The lowest BCUT2D eigenvalue weighted by molar-refractivity contribution is 0.0995. The Bertz CT molecular complexity index is 1320. The predicted molar refractivity (Wildman–Crippen MR) is 99.6 cm³/mol. The predicted octanol–water partition coefficient (Wildman–Crippen LogP) is 3.66. The maximum Gasteiger partial charge on any atom is 0.269 e. The number of carbonyl (C=O) groups excluding carboxylic acids is 1. The first-order valence-electron chi connectivity index (χ1n) is 8.63. The van der Waals surface area contributed by atoms with E-state index < -0.39 is 29.4 Å². The highest BCUT2D eigenvalue weighted by Crippen LogP contribution is 2.44. The van der Waals surface area contributed by atoms with Crippen LogP contribution in [0.5, 0.6) is 0 Å². The number of primary amides is 1. The quantitative estimate of drug-likeness (QED) is 0.451. The number of anilines is 1. The normalized spacial score (nSPS) is 14.9. The van der Waals surface area contributed by atoms with E-state index >= 15 is 0 Å². The molecule has 0 bridgehead atoms. The lowest BCUT2D eigenvalue weighted by Gasteiger charge is -2.20. The minimum atomic E-state index is -1.28. The van der Waals surface area contributed by atoms with E-state index in [1.165, 1.54) is 0 Å². The first-order chi connectivity index (χ1) is 14.0. The third-order valence-corrected chi connectivity index (χ3v) is 5.02. The number of nitrogens with one attached hydrogen (secondary N) is 2. The molecule has 4 aromatic rings. The summed E-state index contributed by atoms with van der Waals surface area (Å²) >= 11 is 0. The van der Waals surface area contributed by atoms with Gasteiger partial charge in [0, 0.05) is 45.6 Å². The zero-order chi connectivity index (χ0) is 20.3. The number of halogens is 3. The third-order valence-electron chi connectivity index (χ3n) is 5.02. The molecule has 1 unspecified atom stereocenters. The van der Waals surface area contributed by atoms with Gasteiger partial charge in [0.1, 0.15) is 5.82 Å². The van der Waals surface area contributed by atoms with E-state index in [4.69, 9.17) is 5.73 Å². The Hall–Kier alpha value is -3.88. The molecule has 2 aromatic heterocycles. The van der Waals surface area contributed by atoms with Crippen LogP contribution in [-0.2, 0) is 0 Å². The van der Waals surface area contributed by atoms with Crippen molar-refractivity contribution in [2.24, 2.45) is 5.73 Å². The third kappa shape index (κ3) is 2.47. The van der Waals surface area contributed by atoms with E-state index in [2.05, 4.69) is 20.5 Å². The molecule has 1 aliphatic rings. The van der Waals surface area contributed by atoms with Crippen LogP contribution in [0.1, 0.15) is 27.7 Å². The van der Waals surface area contributed by atoms with Gasteiger partial charge in [0.05, 0.1) is 6.04 Å². The van der Waals surface area contributed by atoms with Crippen LogP contribution in [0.3, 0.4) is 0 Å². The van der Waals surface area contributed by atoms with Gasteiger partial charge >= 0.3 is 0 Å². The molecule has 0 saturated heterocycles. The molecule has 0 aliphatic carbocycles. The van der Waals surface area contributed by atoms with E-state index in [0.717, 1.165) is 6.07 Å². The average molecular weight is 395 g/mol. The molecule has 3 heterocycles. The Morgan fingerprint density at radius 2 is 1.76 bits per heavy atom. The van der Waals surface area contributed by atoms with Crippen LogP contribution in [0.4, 0.5) is 18.9 Å². The molecule has 0 spiro atoms. The van der Waals surface area contributed by atoms with Crippen LogP contribution in [0.2, 0.25) is 0 Å². The Morgan fingerprint density at radius 3 is 2.55 bits per heavy atom. The monoisotopic (exact) mass is 395 g/mol. The Kier molecular flexibility index (Phi) is 3.60. The van der Waals surface area contributed by atoms with E-state index in [0.29, 0.717) is 39.5 Å². The molecule has 5 rings (SSSR count). The van der Waals surface area contributed by atoms with Crippen LogP contribution < -0.4 is 11.1 Å². The number of nitrogens with two attached hydrogens (primary N) is 1. The number of carbonyl (C=O) groups is 1. The molecule has 2 aromatic carbocycles. The summed E-state index contributed by atoms with van der Waals surface area (Å²) in [6.45, 7) is 0. The first kappa shape index (κ1) is 17.2. The molecular formula is C20H12F3N5O. The summed E-state index contributed by atoms with van der Waals surface area (Å²) in [5.74, 6) is -4.12. The fourth-order valence-electron chi connectivity index (χ4n) is 3.76. The molecule has 4 N–H and O–H groups in total. The number of rotatable bonds is 2. The standard InChI is InChI=1S/C20H12F3N5O/c21-11-6-13(23)12(22)5-9(11)17-10-7-25-20-16(10)15(18(19(24)29)27-28-20)8-3-1-2-4-14(8)26-17/h1-7,17,26H,(H2,24,29)(H,25,28).